The molecule has 1 spiro atoms. The summed E-state index contributed by atoms with van der Waals surface area (Å²) in [5, 5.41) is 7.71. The van der Waals surface area contributed by atoms with Crippen molar-refractivity contribution in [2.45, 2.75) is 25.8 Å². The zero-order valence-electron chi connectivity index (χ0n) is 19.2. The zero-order chi connectivity index (χ0) is 22.7. The van der Waals surface area contributed by atoms with E-state index in [1.54, 1.807) is 6.07 Å². The number of nitrogens with zero attached hydrogens (tertiary/aromatic N) is 3. The van der Waals surface area contributed by atoms with E-state index in [0.29, 0.717) is 17.3 Å². The first kappa shape index (κ1) is 23.0. The van der Waals surface area contributed by atoms with Crippen molar-refractivity contribution in [3.05, 3.63) is 58.4 Å². The Kier molecular flexibility index (Phi) is 7.03. The van der Waals surface area contributed by atoms with E-state index in [1.165, 1.54) is 5.56 Å². The zero-order valence-corrected chi connectivity index (χ0v) is 20.0. The van der Waals surface area contributed by atoms with Crippen LogP contribution in [-0.2, 0) is 13.0 Å². The second kappa shape index (κ2) is 9.77. The molecule has 0 radical (unpaired) electrons. The lowest BCUT2D eigenvalue weighted by molar-refractivity contribution is 0.293. The number of benzene rings is 2. The van der Waals surface area contributed by atoms with E-state index >= 15 is 4.39 Å². The number of likely N-dealkylation sites (N-methyl/N-ethyl adjacent to an activating group) is 2. The summed E-state index contributed by atoms with van der Waals surface area (Å²) >= 11 is 6.15. The van der Waals surface area contributed by atoms with Crippen LogP contribution in [0.3, 0.4) is 0 Å². The second-order valence-electron chi connectivity index (χ2n) is 9.31. The van der Waals surface area contributed by atoms with Crippen molar-refractivity contribution in [3.63, 3.8) is 0 Å². The van der Waals surface area contributed by atoms with E-state index in [0.717, 1.165) is 62.5 Å². The number of anilines is 2. The van der Waals surface area contributed by atoms with Crippen LogP contribution in [0.2, 0.25) is 5.02 Å². The summed E-state index contributed by atoms with van der Waals surface area (Å²) in [6.07, 6.45) is 2.90. The van der Waals surface area contributed by atoms with Crippen LogP contribution in [0.4, 0.5) is 15.8 Å². The summed E-state index contributed by atoms with van der Waals surface area (Å²) in [6.45, 7) is 4.13. The highest BCUT2D eigenvalue weighted by Gasteiger charge is 2.41. The molecule has 0 aliphatic carbocycles. The van der Waals surface area contributed by atoms with Crippen molar-refractivity contribution in [2.75, 3.05) is 57.5 Å². The fourth-order valence-electron chi connectivity index (χ4n) is 4.67. The SMILES string of the molecule is CN(C)CCN(C)c1cc2c(cc1F)NC(=NCc1cccc(Cl)c1)C1(CCNCC1)C2. The predicted molar refractivity (Wildman–Crippen MR) is 133 cm³/mol. The highest BCUT2D eigenvalue weighted by molar-refractivity contribution is 6.30. The van der Waals surface area contributed by atoms with Crippen molar-refractivity contribution >= 4 is 28.8 Å². The highest BCUT2D eigenvalue weighted by Crippen LogP contribution is 2.42. The van der Waals surface area contributed by atoms with Gasteiger partial charge in [0.2, 0.25) is 0 Å². The first-order valence-corrected chi connectivity index (χ1v) is 11.7. The first-order valence-electron chi connectivity index (χ1n) is 11.3. The predicted octanol–water partition coefficient (Wildman–Crippen LogP) is 4.41. The minimum atomic E-state index is -0.201. The van der Waals surface area contributed by atoms with Crippen molar-refractivity contribution in [2.24, 2.45) is 10.4 Å². The molecule has 32 heavy (non-hydrogen) atoms. The van der Waals surface area contributed by atoms with Gasteiger partial charge in [-0.15, -0.1) is 0 Å². The van der Waals surface area contributed by atoms with Gasteiger partial charge >= 0.3 is 0 Å². The number of aliphatic imine (C=N–C) groups is 1. The number of halogens is 2. The van der Waals surface area contributed by atoms with Crippen LogP contribution in [0.5, 0.6) is 0 Å². The van der Waals surface area contributed by atoms with Gasteiger partial charge in [-0.25, -0.2) is 4.39 Å². The maximum absolute atomic E-state index is 15.0. The molecular formula is C25H33ClFN5. The molecule has 2 aromatic rings. The van der Waals surface area contributed by atoms with E-state index in [4.69, 9.17) is 16.6 Å². The Morgan fingerprint density at radius 2 is 1.88 bits per heavy atom. The van der Waals surface area contributed by atoms with E-state index in [9.17, 15) is 0 Å². The molecule has 0 saturated carbocycles. The quantitative estimate of drug-likeness (QED) is 0.674. The van der Waals surface area contributed by atoms with Crippen molar-refractivity contribution in [1.82, 2.24) is 10.2 Å². The minimum absolute atomic E-state index is 0.0475. The molecule has 4 rings (SSSR count). The molecule has 5 nitrogen and oxygen atoms in total. The number of hydrogen-bond acceptors (Lipinski definition) is 4. The van der Waals surface area contributed by atoms with Gasteiger partial charge in [-0.05, 0) is 81.8 Å². The molecule has 0 unspecified atom stereocenters. The van der Waals surface area contributed by atoms with Gasteiger partial charge in [0, 0.05) is 36.3 Å². The van der Waals surface area contributed by atoms with E-state index in [1.807, 2.05) is 56.4 Å². The third-order valence-electron chi connectivity index (χ3n) is 6.62. The van der Waals surface area contributed by atoms with E-state index in [-0.39, 0.29) is 11.2 Å². The Labute approximate surface area is 195 Å². The Bertz CT molecular complexity index is 984. The fourth-order valence-corrected chi connectivity index (χ4v) is 4.88. The second-order valence-corrected chi connectivity index (χ2v) is 9.75. The molecule has 2 aliphatic rings. The molecule has 0 bridgehead atoms. The van der Waals surface area contributed by atoms with Gasteiger partial charge in [0.25, 0.3) is 0 Å². The Morgan fingerprint density at radius 1 is 1.09 bits per heavy atom. The minimum Gasteiger partial charge on any atom is -0.371 e. The average Bonchev–Trinajstić information content (AvgIpc) is 2.76. The largest absolute Gasteiger partial charge is 0.371 e. The highest BCUT2D eigenvalue weighted by atomic mass is 35.5. The molecule has 0 aromatic heterocycles. The number of fused-ring (bicyclic) bond motifs is 1. The van der Waals surface area contributed by atoms with Crippen molar-refractivity contribution in [3.8, 4) is 0 Å². The normalized spacial score (nSPS) is 18.6. The number of hydrogen-bond donors (Lipinski definition) is 2. The Morgan fingerprint density at radius 3 is 2.59 bits per heavy atom. The molecular weight excluding hydrogens is 425 g/mol. The molecule has 1 fully saturated rings. The maximum atomic E-state index is 15.0. The molecule has 2 heterocycles. The van der Waals surface area contributed by atoms with Crippen molar-refractivity contribution < 1.29 is 4.39 Å². The summed E-state index contributed by atoms with van der Waals surface area (Å²) < 4.78 is 15.0. The number of rotatable bonds is 6. The molecule has 1 saturated heterocycles. The summed E-state index contributed by atoms with van der Waals surface area (Å²) in [5.41, 5.74) is 3.69. The third kappa shape index (κ3) is 5.08. The summed E-state index contributed by atoms with van der Waals surface area (Å²) in [4.78, 5) is 9.11. The molecule has 2 aromatic carbocycles. The van der Waals surface area contributed by atoms with Gasteiger partial charge in [-0.1, -0.05) is 23.7 Å². The van der Waals surface area contributed by atoms with Crippen LogP contribution in [0, 0.1) is 11.2 Å². The van der Waals surface area contributed by atoms with Gasteiger partial charge in [-0.2, -0.15) is 0 Å². The topological polar surface area (TPSA) is 42.9 Å². The summed E-state index contributed by atoms with van der Waals surface area (Å²) in [7, 11) is 6.03. The molecule has 172 valence electrons. The average molecular weight is 458 g/mol. The molecule has 2 aliphatic heterocycles. The molecule has 0 amide bonds. The summed E-state index contributed by atoms with van der Waals surface area (Å²) in [5.74, 6) is 0.771. The van der Waals surface area contributed by atoms with Gasteiger partial charge in [0.1, 0.15) is 11.7 Å². The monoisotopic (exact) mass is 457 g/mol. The lowest BCUT2D eigenvalue weighted by Crippen LogP contribution is -2.48. The molecule has 0 atom stereocenters. The van der Waals surface area contributed by atoms with E-state index < -0.39 is 0 Å². The van der Waals surface area contributed by atoms with Gasteiger partial charge in [0.05, 0.1) is 12.2 Å². The lowest BCUT2D eigenvalue weighted by Gasteiger charge is -2.43. The fraction of sp³-hybridized carbons (Fsp3) is 0.480. The van der Waals surface area contributed by atoms with Gasteiger partial charge < -0.3 is 20.4 Å². The van der Waals surface area contributed by atoms with Crippen LogP contribution in [0.25, 0.3) is 0 Å². The standard InChI is InChI=1S/C25H33ClFN5/c1-31(2)11-12-32(3)23-14-19-16-25(7-9-28-10-8-25)24(30-22(19)15-21(23)27)29-17-18-5-4-6-20(26)13-18/h4-6,13-15,28H,7-12,16-17H2,1-3H3,(H,29,30). The number of nitrogens with one attached hydrogen (secondary N) is 2. The summed E-state index contributed by atoms with van der Waals surface area (Å²) in [6, 6.07) is 11.5. The number of amidine groups is 1. The Balaban J connectivity index is 1.64. The Hall–Kier alpha value is -2.15. The van der Waals surface area contributed by atoms with Crippen LogP contribution in [-0.4, -0.2) is 58.1 Å². The maximum Gasteiger partial charge on any atom is 0.148 e. The molecule has 7 heteroatoms. The first-order chi connectivity index (χ1) is 15.4. The van der Waals surface area contributed by atoms with Crippen LogP contribution in [0.15, 0.2) is 41.4 Å². The van der Waals surface area contributed by atoms with Crippen LogP contribution in [0.1, 0.15) is 24.0 Å². The van der Waals surface area contributed by atoms with Crippen molar-refractivity contribution in [1.29, 1.82) is 0 Å². The van der Waals surface area contributed by atoms with Crippen LogP contribution >= 0.6 is 11.6 Å². The van der Waals surface area contributed by atoms with Gasteiger partial charge in [-0.3, -0.25) is 4.99 Å². The third-order valence-corrected chi connectivity index (χ3v) is 6.86. The number of piperidine rings is 1. The van der Waals surface area contributed by atoms with Gasteiger partial charge in [0.15, 0.2) is 0 Å². The van der Waals surface area contributed by atoms with E-state index in [2.05, 4.69) is 15.5 Å². The smallest absolute Gasteiger partial charge is 0.148 e. The molecule has 2 N–H and O–H groups in total. The lowest BCUT2D eigenvalue weighted by atomic mass is 9.70. The van der Waals surface area contributed by atoms with Crippen LogP contribution < -0.4 is 15.5 Å².